The van der Waals surface area contributed by atoms with E-state index in [1.807, 2.05) is 12.1 Å². The zero-order valence-corrected chi connectivity index (χ0v) is 12.0. The third kappa shape index (κ3) is 5.22. The summed E-state index contributed by atoms with van der Waals surface area (Å²) in [6, 6.07) is 13.9. The second-order valence-electron chi connectivity index (χ2n) is 4.32. The fourth-order valence-corrected chi connectivity index (χ4v) is 1.63. The molecular weight excluding hydrogens is 276 g/mol. The van der Waals surface area contributed by atoms with E-state index in [-0.39, 0.29) is 6.61 Å². The van der Waals surface area contributed by atoms with Crippen LogP contribution in [-0.2, 0) is 0 Å². The van der Waals surface area contributed by atoms with Gasteiger partial charge in [-0.3, -0.25) is 0 Å². The predicted molar refractivity (Wildman–Crippen MR) is 87.5 cm³/mol. The van der Waals surface area contributed by atoms with Gasteiger partial charge in [0.15, 0.2) is 11.4 Å². The summed E-state index contributed by atoms with van der Waals surface area (Å²) in [6.07, 6.45) is 0.848. The van der Waals surface area contributed by atoms with Crippen LogP contribution in [0.2, 0.25) is 0 Å². The van der Waals surface area contributed by atoms with Gasteiger partial charge in [-0.25, -0.2) is 9.69 Å². The van der Waals surface area contributed by atoms with Crippen LogP contribution >= 0.6 is 0 Å². The van der Waals surface area contributed by atoms with Crippen molar-refractivity contribution in [2.75, 3.05) is 6.61 Å². The van der Waals surface area contributed by atoms with Crippen LogP contribution in [0.25, 0.3) is 15.8 Å². The Balaban J connectivity index is 0.000000224. The smallest absolute Gasteiger partial charge is 0.187 e. The molecule has 0 aliphatic carbocycles. The lowest BCUT2D eigenvalue weighted by atomic mass is 10.1. The van der Waals surface area contributed by atoms with Crippen LogP contribution in [0.3, 0.4) is 0 Å². The highest BCUT2D eigenvalue weighted by Crippen LogP contribution is 2.18. The van der Waals surface area contributed by atoms with Crippen LogP contribution in [0.4, 0.5) is 11.4 Å². The van der Waals surface area contributed by atoms with Crippen LogP contribution in [0, 0.1) is 13.1 Å². The van der Waals surface area contributed by atoms with Gasteiger partial charge >= 0.3 is 0 Å². The maximum atomic E-state index is 9.20. The lowest BCUT2D eigenvalue weighted by molar-refractivity contribution is 0.0957. The lowest BCUT2D eigenvalue weighted by Gasteiger charge is -2.06. The first-order chi connectivity index (χ1) is 10.6. The molecule has 0 heterocycles. The Morgan fingerprint density at radius 2 is 1.64 bits per heavy atom. The van der Waals surface area contributed by atoms with E-state index in [1.165, 1.54) is 0 Å². The van der Waals surface area contributed by atoms with E-state index in [1.54, 1.807) is 42.5 Å². The molecule has 4 nitrogen and oxygen atoms in total. The van der Waals surface area contributed by atoms with E-state index in [9.17, 15) is 5.11 Å². The minimum absolute atomic E-state index is 0.318. The average molecular weight is 292 g/mol. The van der Waals surface area contributed by atoms with Crippen molar-refractivity contribution < 1.29 is 10.2 Å². The molecule has 2 N–H and O–H groups in total. The molecule has 0 aliphatic heterocycles. The van der Waals surface area contributed by atoms with Crippen LogP contribution in [0.15, 0.2) is 55.1 Å². The molecule has 0 fully saturated rings. The molecule has 0 bridgehead atoms. The van der Waals surface area contributed by atoms with Crippen LogP contribution in [-0.4, -0.2) is 16.8 Å². The fourth-order valence-electron chi connectivity index (χ4n) is 1.63. The van der Waals surface area contributed by atoms with E-state index in [0.29, 0.717) is 16.9 Å². The highest BCUT2D eigenvalue weighted by atomic mass is 16.3. The van der Waals surface area contributed by atoms with E-state index in [4.69, 9.17) is 18.3 Å². The molecule has 0 aliphatic rings. The summed E-state index contributed by atoms with van der Waals surface area (Å²) in [5, 5.41) is 17.8. The third-order valence-corrected chi connectivity index (χ3v) is 2.79. The Hall–Kier alpha value is -2.92. The zero-order valence-electron chi connectivity index (χ0n) is 12.0. The fraction of sp³-hybridized carbons (Fsp3) is 0.111. The number of hydrogen-bond donors (Lipinski definition) is 2. The number of rotatable bonds is 3. The Kier molecular flexibility index (Phi) is 7.08. The number of nitrogens with zero attached hydrogens (tertiary/aromatic N) is 2. The van der Waals surface area contributed by atoms with Gasteiger partial charge in [0, 0.05) is 0 Å². The molecule has 1 atom stereocenters. The van der Waals surface area contributed by atoms with Gasteiger partial charge in [0.25, 0.3) is 0 Å². The predicted octanol–water partition coefficient (Wildman–Crippen LogP) is 4.14. The van der Waals surface area contributed by atoms with Gasteiger partial charge in [-0.1, -0.05) is 55.1 Å². The average Bonchev–Trinajstić information content (AvgIpc) is 2.61. The maximum Gasteiger partial charge on any atom is 0.187 e. The molecular formula is C18H16N2O2. The van der Waals surface area contributed by atoms with Crippen molar-refractivity contribution in [1.82, 2.24) is 0 Å². The minimum atomic E-state index is -0.883. The van der Waals surface area contributed by atoms with Gasteiger partial charge in [-0.05, 0) is 17.2 Å². The topological polar surface area (TPSA) is 49.2 Å². The molecule has 0 amide bonds. The molecule has 0 radical (unpaired) electrons. The van der Waals surface area contributed by atoms with Crippen LogP contribution < -0.4 is 0 Å². The Morgan fingerprint density at radius 1 is 1.05 bits per heavy atom. The van der Waals surface area contributed by atoms with Crippen LogP contribution in [0.1, 0.15) is 17.2 Å². The highest BCUT2D eigenvalue weighted by molar-refractivity contribution is 5.56. The van der Waals surface area contributed by atoms with Crippen molar-refractivity contribution in [3.63, 3.8) is 0 Å². The van der Waals surface area contributed by atoms with E-state index < -0.39 is 6.10 Å². The standard InChI is InChI=1S/C9H9NO2.C9H7N/c1-10-8-4-2-3-7(5-8)9(12)6-11;1-3-8-5-4-6-9(7-8)10-2/h2-5,9,11-12H,6H2;3-7H,1H2. The molecule has 4 heteroatoms. The lowest BCUT2D eigenvalue weighted by Crippen LogP contribution is -2.01. The third-order valence-electron chi connectivity index (χ3n) is 2.79. The Morgan fingerprint density at radius 3 is 2.18 bits per heavy atom. The van der Waals surface area contributed by atoms with Crippen molar-refractivity contribution in [1.29, 1.82) is 0 Å². The summed E-state index contributed by atoms with van der Waals surface area (Å²) in [4.78, 5) is 6.49. The number of aliphatic hydroxyl groups excluding tert-OH is 2. The highest BCUT2D eigenvalue weighted by Gasteiger charge is 2.04. The van der Waals surface area contributed by atoms with Gasteiger partial charge in [-0.15, -0.1) is 0 Å². The summed E-state index contributed by atoms with van der Waals surface area (Å²) >= 11 is 0. The van der Waals surface area contributed by atoms with Gasteiger partial charge in [-0.2, -0.15) is 0 Å². The second-order valence-corrected chi connectivity index (χ2v) is 4.32. The summed E-state index contributed by atoms with van der Waals surface area (Å²) in [5.74, 6) is 0. The van der Waals surface area contributed by atoms with Crippen molar-refractivity contribution in [3.8, 4) is 0 Å². The van der Waals surface area contributed by atoms with Crippen molar-refractivity contribution in [2.45, 2.75) is 6.10 Å². The SMILES string of the molecule is [C-]#[N+]c1cccc(C(O)CO)c1.[C-]#[N+]c1cccc(C=C)c1. The molecule has 2 rings (SSSR count). The summed E-state index contributed by atoms with van der Waals surface area (Å²) < 4.78 is 0. The molecule has 1 unspecified atom stereocenters. The van der Waals surface area contributed by atoms with Crippen LogP contribution in [0.5, 0.6) is 0 Å². The molecule has 0 saturated carbocycles. The van der Waals surface area contributed by atoms with Crippen molar-refractivity contribution in [3.05, 3.63) is 89.1 Å². The maximum absolute atomic E-state index is 9.20. The summed E-state index contributed by atoms with van der Waals surface area (Å²) in [5.41, 5.74) is 2.71. The molecule has 110 valence electrons. The second kappa shape index (κ2) is 9.10. The molecule has 0 saturated heterocycles. The van der Waals surface area contributed by atoms with Gasteiger partial charge in [0.05, 0.1) is 19.8 Å². The summed E-state index contributed by atoms with van der Waals surface area (Å²) in [6.45, 7) is 16.7. The van der Waals surface area contributed by atoms with Gasteiger partial charge in [0.2, 0.25) is 0 Å². The monoisotopic (exact) mass is 292 g/mol. The Labute approximate surface area is 130 Å². The quantitative estimate of drug-likeness (QED) is 0.835. The zero-order chi connectivity index (χ0) is 16.4. The largest absolute Gasteiger partial charge is 0.393 e. The first-order valence-corrected chi connectivity index (χ1v) is 6.51. The van der Waals surface area contributed by atoms with Gasteiger partial charge in [0.1, 0.15) is 6.10 Å². The Bertz CT molecular complexity index is 712. The molecule has 0 spiro atoms. The molecule has 0 aromatic heterocycles. The molecule has 2 aromatic carbocycles. The van der Waals surface area contributed by atoms with Crippen molar-refractivity contribution >= 4 is 17.5 Å². The van der Waals surface area contributed by atoms with Crippen molar-refractivity contribution in [2.24, 2.45) is 0 Å². The normalized spacial score (nSPS) is 10.4. The molecule has 2 aromatic rings. The number of aliphatic hydroxyl groups is 2. The number of benzene rings is 2. The van der Waals surface area contributed by atoms with E-state index >= 15 is 0 Å². The van der Waals surface area contributed by atoms with Gasteiger partial charge < -0.3 is 10.2 Å². The number of hydrogen-bond acceptors (Lipinski definition) is 2. The minimum Gasteiger partial charge on any atom is -0.393 e. The first kappa shape index (κ1) is 17.1. The summed E-state index contributed by atoms with van der Waals surface area (Å²) in [7, 11) is 0. The first-order valence-electron chi connectivity index (χ1n) is 6.51. The van der Waals surface area contributed by atoms with E-state index in [2.05, 4.69) is 16.3 Å². The van der Waals surface area contributed by atoms with E-state index in [0.717, 1.165) is 5.56 Å². The molecule has 22 heavy (non-hydrogen) atoms.